The van der Waals surface area contributed by atoms with Crippen molar-refractivity contribution in [2.24, 2.45) is 18.4 Å². The van der Waals surface area contributed by atoms with Crippen LogP contribution in [0.1, 0.15) is 30.1 Å². The van der Waals surface area contributed by atoms with Crippen LogP contribution in [0.4, 0.5) is 14.5 Å². The number of halogens is 2. The van der Waals surface area contributed by atoms with E-state index in [1.54, 1.807) is 50.0 Å². The number of carbonyl (C=O) groups excluding carboxylic acids is 1. The van der Waals surface area contributed by atoms with Gasteiger partial charge in [0.05, 0.1) is 29.8 Å². The Hall–Kier alpha value is -4.85. The summed E-state index contributed by atoms with van der Waals surface area (Å²) in [5, 5.41) is 16.0. The highest BCUT2D eigenvalue weighted by Crippen LogP contribution is 2.43. The van der Waals surface area contributed by atoms with Gasteiger partial charge in [-0.1, -0.05) is 6.92 Å². The molecule has 3 aliphatic rings. The third-order valence-electron chi connectivity index (χ3n) is 8.55. The fourth-order valence-electron chi connectivity index (χ4n) is 6.51. The number of aryl methyl sites for hydroxylation is 1. The molecule has 5 aromatic rings. The number of fused-ring (bicyclic) bond motifs is 4. The second kappa shape index (κ2) is 11.0. The number of anilines is 1. The van der Waals surface area contributed by atoms with E-state index in [9.17, 15) is 13.6 Å². The quantitative estimate of drug-likeness (QED) is 0.258. The van der Waals surface area contributed by atoms with Crippen molar-refractivity contribution >= 4 is 17.2 Å². The zero-order valence-electron chi connectivity index (χ0n) is 24.2. The summed E-state index contributed by atoms with van der Waals surface area (Å²) in [5.74, 6) is 0.942. The van der Waals surface area contributed by atoms with Crippen LogP contribution >= 0.6 is 0 Å². The highest BCUT2D eigenvalue weighted by atomic mass is 19.3. The number of carbonyl (C=O) groups is 1. The summed E-state index contributed by atoms with van der Waals surface area (Å²) < 4.78 is 42.7. The average Bonchev–Trinajstić information content (AvgIpc) is 3.72. The molecule has 3 aliphatic heterocycles. The van der Waals surface area contributed by atoms with Gasteiger partial charge in [0.1, 0.15) is 22.8 Å². The van der Waals surface area contributed by atoms with Crippen molar-refractivity contribution in [3.8, 4) is 28.5 Å². The standard InChI is InChI=1S/C30H31F2N9O3/c1-30(17-39-10-6-19(30)7-11-39)18-40-15-21(13-34-40)43-20-4-5-25(44-29(31)32)22(12-20)26-24(16-38(2)37-26)36-28(42)23-14-35-41-9-3-8-33-27(23)41/h3-5,8-9,12-16,19,29H,6-7,10-11,17-18H2,1-2H3,(H,36,42). The van der Waals surface area contributed by atoms with Gasteiger partial charge in [-0.15, -0.1) is 0 Å². The van der Waals surface area contributed by atoms with Crippen LogP contribution in [0.2, 0.25) is 0 Å². The zero-order chi connectivity index (χ0) is 30.4. The topological polar surface area (TPSA) is 117 Å². The summed E-state index contributed by atoms with van der Waals surface area (Å²) in [6, 6.07) is 6.19. The van der Waals surface area contributed by atoms with E-state index in [0.717, 1.165) is 13.1 Å². The number of hydrogen-bond donors (Lipinski definition) is 1. The number of amides is 1. The van der Waals surface area contributed by atoms with Crippen LogP contribution in [-0.4, -0.2) is 71.2 Å². The molecule has 0 spiro atoms. The molecule has 2 bridgehead atoms. The van der Waals surface area contributed by atoms with Crippen LogP contribution < -0.4 is 14.8 Å². The summed E-state index contributed by atoms with van der Waals surface area (Å²) >= 11 is 0. The van der Waals surface area contributed by atoms with E-state index in [2.05, 4.69) is 37.4 Å². The van der Waals surface area contributed by atoms with Gasteiger partial charge in [0, 0.05) is 44.1 Å². The molecule has 0 aliphatic carbocycles. The molecule has 7 heterocycles. The maximum Gasteiger partial charge on any atom is 0.387 e. The first-order valence-electron chi connectivity index (χ1n) is 14.4. The zero-order valence-corrected chi connectivity index (χ0v) is 24.2. The van der Waals surface area contributed by atoms with E-state index in [4.69, 9.17) is 9.47 Å². The van der Waals surface area contributed by atoms with Crippen molar-refractivity contribution in [1.82, 2.24) is 39.1 Å². The normalized spacial score (nSPS) is 21.2. The van der Waals surface area contributed by atoms with E-state index in [0.29, 0.717) is 23.1 Å². The van der Waals surface area contributed by atoms with E-state index >= 15 is 0 Å². The van der Waals surface area contributed by atoms with Crippen LogP contribution in [0, 0.1) is 11.3 Å². The number of alkyl halides is 2. The summed E-state index contributed by atoms with van der Waals surface area (Å²) in [6.45, 7) is 3.43. The molecule has 8 rings (SSSR count). The molecule has 3 saturated heterocycles. The highest BCUT2D eigenvalue weighted by Gasteiger charge is 2.43. The summed E-state index contributed by atoms with van der Waals surface area (Å²) in [4.78, 5) is 20.0. The van der Waals surface area contributed by atoms with E-state index in [-0.39, 0.29) is 33.7 Å². The SMILES string of the molecule is Cn1cc(NC(=O)c2cnn3cccnc23)c(-c2cc(Oc3cnn(CC4(C)CN5CCC4CC5)c3)ccc2OC(F)F)n1. The molecule has 4 aromatic heterocycles. The number of piperidine rings is 3. The molecule has 3 fully saturated rings. The van der Waals surface area contributed by atoms with Gasteiger partial charge >= 0.3 is 6.61 Å². The molecule has 12 nitrogen and oxygen atoms in total. The Kier molecular flexibility index (Phi) is 6.99. The largest absolute Gasteiger partial charge is 0.454 e. The first-order chi connectivity index (χ1) is 21.2. The number of rotatable bonds is 9. The predicted octanol–water partition coefficient (Wildman–Crippen LogP) is 4.70. The third-order valence-corrected chi connectivity index (χ3v) is 8.55. The van der Waals surface area contributed by atoms with Gasteiger partial charge in [0.15, 0.2) is 11.4 Å². The van der Waals surface area contributed by atoms with Crippen molar-refractivity contribution in [1.29, 1.82) is 0 Å². The minimum atomic E-state index is -3.07. The molecule has 14 heteroatoms. The van der Waals surface area contributed by atoms with Crippen LogP contribution in [-0.2, 0) is 13.6 Å². The molecule has 0 radical (unpaired) electrons. The molecule has 1 aromatic carbocycles. The molecule has 1 N–H and O–H groups in total. The lowest BCUT2D eigenvalue weighted by molar-refractivity contribution is -0.0494. The monoisotopic (exact) mass is 603 g/mol. The van der Waals surface area contributed by atoms with Crippen molar-refractivity contribution in [3.63, 3.8) is 0 Å². The second-order valence-electron chi connectivity index (χ2n) is 11.7. The number of hydrogen-bond acceptors (Lipinski definition) is 8. The Morgan fingerprint density at radius 2 is 2.00 bits per heavy atom. The highest BCUT2D eigenvalue weighted by molar-refractivity contribution is 6.09. The Balaban J connectivity index is 1.15. The van der Waals surface area contributed by atoms with Gasteiger partial charge in [-0.05, 0) is 56.1 Å². The molecule has 0 saturated carbocycles. The number of aromatic nitrogens is 7. The van der Waals surface area contributed by atoms with Gasteiger partial charge in [0.2, 0.25) is 0 Å². The smallest absolute Gasteiger partial charge is 0.387 e. The fourth-order valence-corrected chi connectivity index (χ4v) is 6.51. The third kappa shape index (κ3) is 5.36. The first-order valence-corrected chi connectivity index (χ1v) is 14.4. The molecular formula is C30H31F2N9O3. The van der Waals surface area contributed by atoms with Crippen molar-refractivity contribution in [3.05, 3.63) is 67.0 Å². The van der Waals surface area contributed by atoms with E-state index < -0.39 is 12.5 Å². The minimum Gasteiger partial charge on any atom is -0.454 e. The Labute approximate surface area is 251 Å². The Morgan fingerprint density at radius 3 is 2.77 bits per heavy atom. The number of nitrogens with one attached hydrogen (secondary N) is 1. The predicted molar refractivity (Wildman–Crippen MR) is 156 cm³/mol. The summed E-state index contributed by atoms with van der Waals surface area (Å²) in [6.07, 6.45) is 12.1. The van der Waals surface area contributed by atoms with Crippen molar-refractivity contribution in [2.75, 3.05) is 25.0 Å². The lowest BCUT2D eigenvalue weighted by Crippen LogP contribution is -2.54. The number of benzene rings is 1. The van der Waals surface area contributed by atoms with Crippen molar-refractivity contribution < 1.29 is 23.0 Å². The van der Waals surface area contributed by atoms with E-state index in [1.807, 2.05) is 10.9 Å². The minimum absolute atomic E-state index is 0.120. The lowest BCUT2D eigenvalue weighted by atomic mass is 9.68. The average molecular weight is 604 g/mol. The van der Waals surface area contributed by atoms with Crippen LogP contribution in [0.3, 0.4) is 0 Å². The molecule has 1 amide bonds. The molecule has 1 unspecified atom stereocenters. The number of ether oxygens (including phenoxy) is 2. The van der Waals surface area contributed by atoms with E-state index in [1.165, 1.54) is 47.4 Å². The Morgan fingerprint density at radius 1 is 1.16 bits per heavy atom. The molecule has 44 heavy (non-hydrogen) atoms. The van der Waals surface area contributed by atoms with Gasteiger partial charge < -0.3 is 19.7 Å². The second-order valence-corrected chi connectivity index (χ2v) is 11.7. The van der Waals surface area contributed by atoms with Gasteiger partial charge in [-0.25, -0.2) is 9.50 Å². The maximum absolute atomic E-state index is 13.4. The summed E-state index contributed by atoms with van der Waals surface area (Å²) in [7, 11) is 1.66. The van der Waals surface area contributed by atoms with Crippen LogP contribution in [0.15, 0.2) is 61.4 Å². The first kappa shape index (κ1) is 28.0. The van der Waals surface area contributed by atoms with Crippen molar-refractivity contribution in [2.45, 2.75) is 32.9 Å². The summed E-state index contributed by atoms with van der Waals surface area (Å²) in [5.41, 5.74) is 1.46. The van der Waals surface area contributed by atoms with Gasteiger partial charge in [-0.3, -0.25) is 14.2 Å². The van der Waals surface area contributed by atoms with Crippen LogP contribution in [0.25, 0.3) is 16.9 Å². The molecular weight excluding hydrogens is 572 g/mol. The molecule has 228 valence electrons. The fraction of sp³-hybridized carbons (Fsp3) is 0.367. The van der Waals surface area contributed by atoms with Gasteiger partial charge in [-0.2, -0.15) is 24.1 Å². The molecule has 1 atom stereocenters. The van der Waals surface area contributed by atoms with Gasteiger partial charge in [0.25, 0.3) is 5.91 Å². The maximum atomic E-state index is 13.4. The Bertz CT molecular complexity index is 1830. The number of nitrogens with zero attached hydrogens (tertiary/aromatic N) is 8. The van der Waals surface area contributed by atoms with Crippen LogP contribution in [0.5, 0.6) is 17.2 Å². The lowest BCUT2D eigenvalue weighted by Gasteiger charge is -2.51.